The van der Waals surface area contributed by atoms with Crippen molar-refractivity contribution < 1.29 is 4.79 Å². The molecule has 18 heavy (non-hydrogen) atoms. The number of allylic oxidation sites excluding steroid dienone is 3. The first kappa shape index (κ1) is 14.7. The zero-order valence-electron chi connectivity index (χ0n) is 11.0. The fourth-order valence-corrected chi connectivity index (χ4v) is 2.52. The molecule has 0 unspecified atom stereocenters. The number of ketones is 1. The second kappa shape index (κ2) is 6.01. The Kier molecular flexibility index (Phi) is 4.92. The molecular weight excluding hydrogens is 244 g/mol. The highest BCUT2D eigenvalue weighted by Crippen LogP contribution is 2.51. The highest BCUT2D eigenvalue weighted by molar-refractivity contribution is 8.03. The predicted octanol–water partition coefficient (Wildman–Crippen LogP) is 3.48. The lowest BCUT2D eigenvalue weighted by atomic mass is 9.97. The molecule has 0 saturated heterocycles. The third-order valence-corrected chi connectivity index (χ3v) is 4.18. The van der Waals surface area contributed by atoms with Crippen molar-refractivity contribution in [3.05, 3.63) is 22.1 Å². The molecule has 1 saturated carbocycles. The maximum atomic E-state index is 11.4. The van der Waals surface area contributed by atoms with E-state index in [1.807, 2.05) is 13.0 Å². The van der Waals surface area contributed by atoms with E-state index in [0.717, 1.165) is 29.1 Å². The summed E-state index contributed by atoms with van der Waals surface area (Å²) < 4.78 is 0. The van der Waals surface area contributed by atoms with Gasteiger partial charge < -0.3 is 5.41 Å². The van der Waals surface area contributed by atoms with Crippen molar-refractivity contribution >= 4 is 23.8 Å². The van der Waals surface area contributed by atoms with Gasteiger partial charge in [-0.3, -0.25) is 4.79 Å². The fraction of sp³-hybridized carbons (Fsp3) is 0.500. The van der Waals surface area contributed by atoms with Gasteiger partial charge in [0.05, 0.1) is 11.5 Å². The average Bonchev–Trinajstić information content (AvgIpc) is 3.14. The molecule has 0 amide bonds. The molecular formula is C14H18N2OS. The third-order valence-electron chi connectivity index (χ3n) is 3.16. The molecule has 1 aliphatic carbocycles. The Balaban J connectivity index is 3.16. The molecule has 0 heterocycles. The van der Waals surface area contributed by atoms with Gasteiger partial charge in [-0.2, -0.15) is 5.26 Å². The normalized spacial score (nSPS) is 18.7. The van der Waals surface area contributed by atoms with Gasteiger partial charge in [0, 0.05) is 16.7 Å². The Hall–Kier alpha value is -1.34. The molecule has 0 spiro atoms. The molecule has 1 N–H and O–H groups in total. The number of nitrogens with zero attached hydrogens (tertiary/aromatic N) is 1. The smallest absolute Gasteiger partial charge is 0.156 e. The Morgan fingerprint density at radius 2 is 2.11 bits per heavy atom. The van der Waals surface area contributed by atoms with Gasteiger partial charge >= 0.3 is 0 Å². The van der Waals surface area contributed by atoms with E-state index in [1.54, 1.807) is 25.6 Å². The molecule has 0 aromatic heterocycles. The Labute approximate surface area is 112 Å². The lowest BCUT2D eigenvalue weighted by Crippen LogP contribution is -2.04. The van der Waals surface area contributed by atoms with E-state index in [4.69, 9.17) is 10.7 Å². The third kappa shape index (κ3) is 3.11. The van der Waals surface area contributed by atoms with E-state index < -0.39 is 5.41 Å². The van der Waals surface area contributed by atoms with Gasteiger partial charge in [0.1, 0.15) is 0 Å². The summed E-state index contributed by atoms with van der Waals surface area (Å²) in [5, 5.41) is 16.6. The van der Waals surface area contributed by atoms with Gasteiger partial charge in [0.15, 0.2) is 5.78 Å². The minimum Gasteiger partial charge on any atom is -0.308 e. The average molecular weight is 262 g/mol. The van der Waals surface area contributed by atoms with E-state index in [2.05, 4.69) is 6.07 Å². The summed E-state index contributed by atoms with van der Waals surface area (Å²) in [6, 6.07) is 2.28. The van der Waals surface area contributed by atoms with Gasteiger partial charge in [0.25, 0.3) is 0 Å². The van der Waals surface area contributed by atoms with Crippen molar-refractivity contribution in [1.82, 2.24) is 0 Å². The van der Waals surface area contributed by atoms with E-state index in [-0.39, 0.29) is 5.78 Å². The number of nitrogens with one attached hydrogen (secondary N) is 1. The van der Waals surface area contributed by atoms with Crippen molar-refractivity contribution in [2.45, 2.75) is 33.6 Å². The van der Waals surface area contributed by atoms with Crippen LogP contribution >= 0.6 is 11.8 Å². The summed E-state index contributed by atoms with van der Waals surface area (Å²) in [6.45, 7) is 5.36. The zero-order chi connectivity index (χ0) is 13.8. The molecule has 0 aliphatic heterocycles. The van der Waals surface area contributed by atoms with E-state index in [1.165, 1.54) is 6.21 Å². The van der Waals surface area contributed by atoms with Gasteiger partial charge in [-0.25, -0.2) is 0 Å². The van der Waals surface area contributed by atoms with Gasteiger partial charge in [-0.05, 0) is 44.1 Å². The van der Waals surface area contributed by atoms with Gasteiger partial charge in [-0.15, -0.1) is 11.8 Å². The number of rotatable bonds is 6. The molecule has 3 nitrogen and oxygen atoms in total. The van der Waals surface area contributed by atoms with Gasteiger partial charge in [0.2, 0.25) is 0 Å². The molecule has 1 fully saturated rings. The molecule has 0 bridgehead atoms. The minimum atomic E-state index is -0.474. The van der Waals surface area contributed by atoms with Crippen LogP contribution in [0.5, 0.6) is 0 Å². The number of Topliss-reactive ketones (excluding diaryl/α,β-unsaturated/α-hetero) is 1. The maximum Gasteiger partial charge on any atom is 0.156 e. The predicted molar refractivity (Wildman–Crippen MR) is 75.7 cm³/mol. The van der Waals surface area contributed by atoms with Crippen molar-refractivity contribution in [2.24, 2.45) is 5.41 Å². The van der Waals surface area contributed by atoms with Crippen LogP contribution in [0.15, 0.2) is 22.1 Å². The summed E-state index contributed by atoms with van der Waals surface area (Å²) in [4.78, 5) is 12.3. The summed E-state index contributed by atoms with van der Waals surface area (Å²) in [5.74, 6) is 0.898. The molecule has 0 aromatic carbocycles. The van der Waals surface area contributed by atoms with Crippen molar-refractivity contribution in [1.29, 1.82) is 10.7 Å². The largest absolute Gasteiger partial charge is 0.308 e. The SMILES string of the molecule is CCSC(/C=C(\C=N)C1(C#N)CC1)=C(/C)C(C)=O. The lowest BCUT2D eigenvalue weighted by Gasteiger charge is -2.10. The monoisotopic (exact) mass is 262 g/mol. The van der Waals surface area contributed by atoms with Crippen LogP contribution in [0.25, 0.3) is 0 Å². The maximum absolute atomic E-state index is 11.4. The van der Waals surface area contributed by atoms with Crippen LogP contribution in [0.1, 0.15) is 33.6 Å². The minimum absolute atomic E-state index is 0.0355. The highest BCUT2D eigenvalue weighted by Gasteiger charge is 2.46. The van der Waals surface area contributed by atoms with Crippen molar-refractivity contribution in [3.8, 4) is 6.07 Å². The summed E-state index contributed by atoms with van der Waals surface area (Å²) in [5.41, 5.74) is 0.953. The number of thioether (sulfide) groups is 1. The number of carbonyl (C=O) groups excluding carboxylic acids is 1. The summed E-state index contributed by atoms with van der Waals surface area (Å²) in [6.07, 6.45) is 4.72. The first-order valence-electron chi connectivity index (χ1n) is 5.99. The van der Waals surface area contributed by atoms with Crippen LogP contribution in [-0.4, -0.2) is 17.8 Å². The quantitative estimate of drug-likeness (QED) is 0.453. The topological polar surface area (TPSA) is 64.7 Å². The van der Waals surface area contributed by atoms with Crippen molar-refractivity contribution in [3.63, 3.8) is 0 Å². The number of carbonyl (C=O) groups is 1. The van der Waals surface area contributed by atoms with E-state index >= 15 is 0 Å². The van der Waals surface area contributed by atoms with Crippen LogP contribution in [0.3, 0.4) is 0 Å². The Morgan fingerprint density at radius 1 is 1.50 bits per heavy atom. The first-order valence-corrected chi connectivity index (χ1v) is 6.98. The van der Waals surface area contributed by atoms with Crippen LogP contribution in [0.2, 0.25) is 0 Å². The highest BCUT2D eigenvalue weighted by atomic mass is 32.2. The van der Waals surface area contributed by atoms with Crippen LogP contribution < -0.4 is 0 Å². The standard InChI is InChI=1S/C14H18N2OS/c1-4-18-13(10(2)11(3)17)7-12(8-15)14(9-16)5-6-14/h7-8,15H,4-6H2,1-3H3/b12-7+,13-10-,15-8?. The molecule has 1 rings (SSSR count). The summed E-state index contributed by atoms with van der Waals surface area (Å²) in [7, 11) is 0. The van der Waals surface area contributed by atoms with E-state index in [0.29, 0.717) is 5.57 Å². The second-order valence-electron chi connectivity index (χ2n) is 4.42. The lowest BCUT2D eigenvalue weighted by molar-refractivity contribution is -0.113. The molecule has 0 atom stereocenters. The molecule has 4 heteroatoms. The van der Waals surface area contributed by atoms with Crippen LogP contribution in [0, 0.1) is 22.2 Å². The Bertz CT molecular complexity index is 465. The Morgan fingerprint density at radius 3 is 2.44 bits per heavy atom. The number of nitriles is 1. The molecule has 0 aromatic rings. The summed E-state index contributed by atoms with van der Waals surface area (Å²) >= 11 is 1.58. The number of hydrogen-bond donors (Lipinski definition) is 1. The fourth-order valence-electron chi connectivity index (χ4n) is 1.64. The molecule has 1 aliphatic rings. The zero-order valence-corrected chi connectivity index (χ0v) is 11.9. The van der Waals surface area contributed by atoms with Crippen LogP contribution in [0.4, 0.5) is 0 Å². The van der Waals surface area contributed by atoms with E-state index in [9.17, 15) is 4.79 Å². The first-order chi connectivity index (χ1) is 8.50. The van der Waals surface area contributed by atoms with Gasteiger partial charge in [-0.1, -0.05) is 6.92 Å². The molecule has 96 valence electrons. The number of hydrogen-bond acceptors (Lipinski definition) is 4. The van der Waals surface area contributed by atoms with Crippen molar-refractivity contribution in [2.75, 3.05) is 5.75 Å². The second-order valence-corrected chi connectivity index (χ2v) is 5.72. The molecule has 0 radical (unpaired) electrons. The van der Waals surface area contributed by atoms with Crippen LogP contribution in [-0.2, 0) is 4.79 Å².